The lowest BCUT2D eigenvalue weighted by molar-refractivity contribution is -0.132. The lowest BCUT2D eigenvalue weighted by Gasteiger charge is -2.41. The number of ether oxygens (including phenoxy) is 3. The van der Waals surface area contributed by atoms with Gasteiger partial charge in [-0.15, -0.1) is 0 Å². The molecule has 4 rings (SSSR count). The van der Waals surface area contributed by atoms with E-state index in [0.717, 1.165) is 68.7 Å². The average Bonchev–Trinajstić information content (AvgIpc) is 2.91. The summed E-state index contributed by atoms with van der Waals surface area (Å²) in [7, 11) is 3.46. The Balaban J connectivity index is 1.24. The van der Waals surface area contributed by atoms with Gasteiger partial charge in [-0.2, -0.15) is 0 Å². The SMILES string of the molecule is COc1ccc(CCC(=O)N2CCC(N3CCC(OC)CC3)CC2)cc1OCc1ccccc1. The van der Waals surface area contributed by atoms with Crippen LogP contribution < -0.4 is 9.47 Å². The highest BCUT2D eigenvalue weighted by molar-refractivity contribution is 5.76. The largest absolute Gasteiger partial charge is 0.493 e. The molecular formula is C28H38N2O4. The van der Waals surface area contributed by atoms with Crippen molar-refractivity contribution in [1.29, 1.82) is 0 Å². The van der Waals surface area contributed by atoms with Crippen molar-refractivity contribution in [2.75, 3.05) is 40.4 Å². The predicted molar refractivity (Wildman–Crippen MR) is 133 cm³/mol. The summed E-state index contributed by atoms with van der Waals surface area (Å²) in [5, 5.41) is 0. The smallest absolute Gasteiger partial charge is 0.222 e. The fraction of sp³-hybridized carbons (Fsp3) is 0.536. The molecule has 0 bridgehead atoms. The van der Waals surface area contributed by atoms with E-state index in [1.807, 2.05) is 55.6 Å². The highest BCUT2D eigenvalue weighted by atomic mass is 16.5. The maximum atomic E-state index is 12.9. The van der Waals surface area contributed by atoms with Crippen LogP contribution in [-0.4, -0.2) is 68.3 Å². The molecule has 0 spiro atoms. The number of hydrogen-bond acceptors (Lipinski definition) is 5. The number of methoxy groups -OCH3 is 2. The van der Waals surface area contributed by atoms with Gasteiger partial charge < -0.3 is 24.0 Å². The molecule has 6 nitrogen and oxygen atoms in total. The fourth-order valence-electron chi connectivity index (χ4n) is 5.09. The molecule has 0 radical (unpaired) electrons. The Hall–Kier alpha value is -2.57. The van der Waals surface area contributed by atoms with Crippen LogP contribution in [0.15, 0.2) is 48.5 Å². The van der Waals surface area contributed by atoms with E-state index in [2.05, 4.69) is 9.80 Å². The number of hydrogen-bond donors (Lipinski definition) is 0. The molecule has 0 N–H and O–H groups in total. The maximum absolute atomic E-state index is 12.9. The van der Waals surface area contributed by atoms with Crippen LogP contribution >= 0.6 is 0 Å². The minimum Gasteiger partial charge on any atom is -0.493 e. The van der Waals surface area contributed by atoms with Crippen LogP contribution in [-0.2, 0) is 22.6 Å². The predicted octanol–water partition coefficient (Wildman–Crippen LogP) is 4.31. The number of benzene rings is 2. The van der Waals surface area contributed by atoms with Crippen LogP contribution in [0, 0.1) is 0 Å². The second-order valence-electron chi connectivity index (χ2n) is 9.34. The third-order valence-electron chi connectivity index (χ3n) is 7.24. The molecule has 0 aromatic heterocycles. The summed E-state index contributed by atoms with van der Waals surface area (Å²) in [5.41, 5.74) is 2.20. The molecule has 2 aliphatic rings. The normalized spacial score (nSPS) is 18.1. The first-order valence-electron chi connectivity index (χ1n) is 12.5. The Morgan fingerprint density at radius 3 is 2.29 bits per heavy atom. The van der Waals surface area contributed by atoms with E-state index in [1.165, 1.54) is 0 Å². The third kappa shape index (κ3) is 6.51. The number of aryl methyl sites for hydroxylation is 1. The molecule has 34 heavy (non-hydrogen) atoms. The Kier molecular flexibility index (Phi) is 8.83. The number of nitrogens with zero attached hydrogens (tertiary/aromatic N) is 2. The van der Waals surface area contributed by atoms with E-state index in [4.69, 9.17) is 14.2 Å². The second-order valence-corrected chi connectivity index (χ2v) is 9.34. The highest BCUT2D eigenvalue weighted by Crippen LogP contribution is 2.30. The minimum atomic E-state index is 0.249. The summed E-state index contributed by atoms with van der Waals surface area (Å²) in [5.74, 6) is 1.68. The number of likely N-dealkylation sites (tertiary alicyclic amines) is 2. The van der Waals surface area contributed by atoms with Gasteiger partial charge in [0.1, 0.15) is 6.61 Å². The zero-order valence-electron chi connectivity index (χ0n) is 20.6. The van der Waals surface area contributed by atoms with E-state index in [9.17, 15) is 4.79 Å². The van der Waals surface area contributed by atoms with Crippen molar-refractivity contribution in [1.82, 2.24) is 9.80 Å². The first-order chi connectivity index (χ1) is 16.7. The van der Waals surface area contributed by atoms with E-state index in [-0.39, 0.29) is 5.91 Å². The van der Waals surface area contributed by atoms with Crippen molar-refractivity contribution in [3.05, 3.63) is 59.7 Å². The lowest BCUT2D eigenvalue weighted by Crippen LogP contribution is -2.49. The van der Waals surface area contributed by atoms with Gasteiger partial charge in [0.25, 0.3) is 0 Å². The van der Waals surface area contributed by atoms with Crippen molar-refractivity contribution in [2.24, 2.45) is 0 Å². The first-order valence-corrected chi connectivity index (χ1v) is 12.5. The topological polar surface area (TPSA) is 51.2 Å². The average molecular weight is 467 g/mol. The van der Waals surface area contributed by atoms with Gasteiger partial charge in [-0.25, -0.2) is 0 Å². The molecule has 184 valence electrons. The quantitative estimate of drug-likeness (QED) is 0.551. The Bertz CT molecular complexity index is 904. The van der Waals surface area contributed by atoms with Crippen LogP contribution in [0.1, 0.15) is 43.2 Å². The van der Waals surface area contributed by atoms with Crippen LogP contribution in [0.25, 0.3) is 0 Å². The molecule has 2 aliphatic heterocycles. The van der Waals surface area contributed by atoms with Gasteiger partial charge >= 0.3 is 0 Å². The molecule has 1 amide bonds. The summed E-state index contributed by atoms with van der Waals surface area (Å²) in [6.07, 6.45) is 6.03. The zero-order valence-corrected chi connectivity index (χ0v) is 20.6. The van der Waals surface area contributed by atoms with Gasteiger partial charge in [-0.3, -0.25) is 4.79 Å². The number of carbonyl (C=O) groups excluding carboxylic acids is 1. The molecule has 2 aromatic carbocycles. The van der Waals surface area contributed by atoms with E-state index < -0.39 is 0 Å². The Morgan fingerprint density at radius 1 is 0.882 bits per heavy atom. The van der Waals surface area contributed by atoms with Crippen molar-refractivity contribution in [3.63, 3.8) is 0 Å². The number of carbonyl (C=O) groups is 1. The molecule has 6 heteroatoms. The fourth-order valence-corrected chi connectivity index (χ4v) is 5.09. The zero-order chi connectivity index (χ0) is 23.8. The van der Waals surface area contributed by atoms with Crippen LogP contribution in [0.3, 0.4) is 0 Å². The van der Waals surface area contributed by atoms with Crippen molar-refractivity contribution in [3.8, 4) is 11.5 Å². The number of amides is 1. The molecule has 2 fully saturated rings. The van der Waals surface area contributed by atoms with E-state index in [0.29, 0.717) is 37.3 Å². The molecule has 0 unspecified atom stereocenters. The molecule has 0 aliphatic carbocycles. The van der Waals surface area contributed by atoms with Crippen LogP contribution in [0.4, 0.5) is 0 Å². The Labute approximate surface area is 203 Å². The van der Waals surface area contributed by atoms with Crippen LogP contribution in [0.2, 0.25) is 0 Å². The van der Waals surface area contributed by atoms with Crippen molar-refractivity contribution < 1.29 is 19.0 Å². The van der Waals surface area contributed by atoms with Crippen molar-refractivity contribution >= 4 is 5.91 Å². The monoisotopic (exact) mass is 466 g/mol. The van der Waals surface area contributed by atoms with Crippen LogP contribution in [0.5, 0.6) is 11.5 Å². The van der Waals surface area contributed by atoms with Gasteiger partial charge in [0.05, 0.1) is 13.2 Å². The molecule has 0 saturated carbocycles. The van der Waals surface area contributed by atoms with Gasteiger partial charge in [0.15, 0.2) is 11.5 Å². The van der Waals surface area contributed by atoms with Gasteiger partial charge in [0.2, 0.25) is 5.91 Å². The highest BCUT2D eigenvalue weighted by Gasteiger charge is 2.29. The number of piperidine rings is 2. The molecular weight excluding hydrogens is 428 g/mol. The summed E-state index contributed by atoms with van der Waals surface area (Å²) in [6, 6.07) is 16.6. The molecule has 2 aromatic rings. The first kappa shape index (κ1) is 24.6. The minimum absolute atomic E-state index is 0.249. The van der Waals surface area contributed by atoms with Crippen molar-refractivity contribution in [2.45, 2.75) is 57.3 Å². The maximum Gasteiger partial charge on any atom is 0.222 e. The van der Waals surface area contributed by atoms with Gasteiger partial charge in [-0.1, -0.05) is 36.4 Å². The molecule has 2 saturated heterocycles. The standard InChI is InChI=1S/C28H38N2O4/c1-32-25-14-18-29(19-15-25)24-12-16-30(17-13-24)28(31)11-9-22-8-10-26(33-2)27(20-22)34-21-23-6-4-3-5-7-23/h3-8,10,20,24-25H,9,11-19,21H2,1-2H3. The van der Waals surface area contributed by atoms with E-state index in [1.54, 1.807) is 7.11 Å². The third-order valence-corrected chi connectivity index (χ3v) is 7.24. The summed E-state index contributed by atoms with van der Waals surface area (Å²) in [6.45, 7) is 4.44. The summed E-state index contributed by atoms with van der Waals surface area (Å²) < 4.78 is 17.0. The lowest BCUT2D eigenvalue weighted by atomic mass is 9.98. The summed E-state index contributed by atoms with van der Waals surface area (Å²) >= 11 is 0. The molecule has 2 heterocycles. The van der Waals surface area contributed by atoms with Gasteiger partial charge in [-0.05, 0) is 55.4 Å². The van der Waals surface area contributed by atoms with E-state index >= 15 is 0 Å². The second kappa shape index (κ2) is 12.2. The van der Waals surface area contributed by atoms with Gasteiger partial charge in [0, 0.05) is 45.8 Å². The molecule has 0 atom stereocenters. The Morgan fingerprint density at radius 2 is 1.62 bits per heavy atom. The summed E-state index contributed by atoms with van der Waals surface area (Å²) in [4.78, 5) is 17.5. The number of rotatable bonds is 9.